The van der Waals surface area contributed by atoms with E-state index >= 15 is 0 Å². The summed E-state index contributed by atoms with van der Waals surface area (Å²) in [5.41, 5.74) is 0. The highest BCUT2D eigenvalue weighted by molar-refractivity contribution is 5.05. The first kappa shape index (κ1) is 5.59. The fourth-order valence-corrected chi connectivity index (χ4v) is 3.87. The molecule has 10 heavy (non-hydrogen) atoms. The summed E-state index contributed by atoms with van der Waals surface area (Å²) in [6, 6.07) is 0. The van der Waals surface area contributed by atoms with Crippen molar-refractivity contribution in [2.24, 2.45) is 23.7 Å². The molecule has 0 saturated heterocycles. The Morgan fingerprint density at radius 1 is 1.00 bits per heavy atom. The van der Waals surface area contributed by atoms with E-state index in [0.717, 1.165) is 30.1 Å². The van der Waals surface area contributed by atoms with Crippen LogP contribution < -0.4 is 0 Å². The molecule has 0 amide bonds. The summed E-state index contributed by atoms with van der Waals surface area (Å²) < 4.78 is 0. The Labute approximate surface area is 61.4 Å². The van der Waals surface area contributed by atoms with Crippen LogP contribution in [-0.4, -0.2) is 11.2 Å². The predicted molar refractivity (Wildman–Crippen MR) is 38.4 cm³/mol. The Kier molecular flexibility index (Phi) is 0.883. The van der Waals surface area contributed by atoms with Crippen molar-refractivity contribution in [3.63, 3.8) is 0 Å². The van der Waals surface area contributed by atoms with E-state index in [0.29, 0.717) is 0 Å². The number of hydrogen-bond donors (Lipinski definition) is 1. The van der Waals surface area contributed by atoms with Crippen LogP contribution in [0, 0.1) is 23.7 Å². The second-order valence-corrected chi connectivity index (χ2v) is 4.38. The Bertz CT molecular complexity index is 164. The molecule has 3 saturated carbocycles. The maximum Gasteiger partial charge on any atom is 0.0576 e. The van der Waals surface area contributed by atoms with Gasteiger partial charge >= 0.3 is 0 Å². The van der Waals surface area contributed by atoms with Crippen LogP contribution in [0.5, 0.6) is 0 Å². The van der Waals surface area contributed by atoms with Crippen LogP contribution in [0.4, 0.5) is 0 Å². The summed E-state index contributed by atoms with van der Waals surface area (Å²) in [5.74, 6) is 3.54. The van der Waals surface area contributed by atoms with E-state index in [-0.39, 0.29) is 6.10 Å². The van der Waals surface area contributed by atoms with Crippen molar-refractivity contribution in [3.05, 3.63) is 0 Å². The van der Waals surface area contributed by atoms with Gasteiger partial charge in [0, 0.05) is 0 Å². The largest absolute Gasteiger partial charge is 0.393 e. The average Bonchev–Trinajstić information content (AvgIpc) is 2.49. The molecule has 3 aliphatic carbocycles. The first-order valence-electron chi connectivity index (χ1n) is 4.54. The molecular formula is C9H14O. The molecule has 0 aromatic rings. The fourth-order valence-electron chi connectivity index (χ4n) is 3.87. The van der Waals surface area contributed by atoms with Crippen LogP contribution in [0.3, 0.4) is 0 Å². The fraction of sp³-hybridized carbons (Fsp3) is 1.00. The van der Waals surface area contributed by atoms with Gasteiger partial charge in [-0.05, 0) is 49.4 Å². The molecular weight excluding hydrogens is 124 g/mol. The van der Waals surface area contributed by atoms with Crippen LogP contribution in [0.15, 0.2) is 0 Å². The summed E-state index contributed by atoms with van der Waals surface area (Å²) in [4.78, 5) is 0. The third-order valence-electron chi connectivity index (χ3n) is 4.11. The first-order chi connectivity index (χ1) is 4.86. The van der Waals surface area contributed by atoms with Gasteiger partial charge in [-0.3, -0.25) is 0 Å². The maximum atomic E-state index is 9.60. The zero-order valence-corrected chi connectivity index (χ0v) is 6.16. The minimum absolute atomic E-state index is 0.0937. The molecule has 0 unspecified atom stereocenters. The van der Waals surface area contributed by atoms with Gasteiger partial charge in [-0.15, -0.1) is 0 Å². The highest BCUT2D eigenvalue weighted by atomic mass is 16.3. The molecule has 3 aliphatic rings. The van der Waals surface area contributed by atoms with E-state index in [9.17, 15) is 5.11 Å². The zero-order valence-electron chi connectivity index (χ0n) is 6.16. The van der Waals surface area contributed by atoms with E-state index in [1.54, 1.807) is 0 Å². The highest BCUT2D eigenvalue weighted by Crippen LogP contribution is 2.60. The molecule has 0 spiro atoms. The van der Waals surface area contributed by atoms with Crippen molar-refractivity contribution < 1.29 is 5.11 Å². The van der Waals surface area contributed by atoms with Gasteiger partial charge < -0.3 is 5.11 Å². The minimum atomic E-state index is 0.0937. The summed E-state index contributed by atoms with van der Waals surface area (Å²) in [6.07, 6.45) is 5.52. The Balaban J connectivity index is 1.99. The molecule has 1 heteroatoms. The van der Waals surface area contributed by atoms with Crippen molar-refractivity contribution >= 4 is 0 Å². The van der Waals surface area contributed by atoms with Crippen LogP contribution in [-0.2, 0) is 0 Å². The molecule has 0 aromatic heterocycles. The lowest BCUT2D eigenvalue weighted by Crippen LogP contribution is -2.22. The van der Waals surface area contributed by atoms with Gasteiger partial charge in [0.25, 0.3) is 0 Å². The summed E-state index contributed by atoms with van der Waals surface area (Å²) in [6.45, 7) is 0. The maximum absolute atomic E-state index is 9.60. The second kappa shape index (κ2) is 1.58. The molecule has 5 atom stereocenters. The molecule has 0 radical (unpaired) electrons. The standard InChI is InChI=1S/C9H14O/c10-8-4-6-3-5-1-2-7(6)9(5)8/h5-10H,1-4H2/t5-,6+,7+,8+,9+/m0/s1. The minimum Gasteiger partial charge on any atom is -0.393 e. The van der Waals surface area contributed by atoms with Crippen LogP contribution in [0.1, 0.15) is 25.7 Å². The molecule has 56 valence electrons. The van der Waals surface area contributed by atoms with E-state index in [2.05, 4.69) is 0 Å². The molecule has 0 heterocycles. The lowest BCUT2D eigenvalue weighted by atomic mass is 9.85. The van der Waals surface area contributed by atoms with Gasteiger partial charge in [0.2, 0.25) is 0 Å². The van der Waals surface area contributed by atoms with Crippen molar-refractivity contribution in [2.45, 2.75) is 31.8 Å². The number of aliphatic hydroxyl groups excluding tert-OH is 1. The monoisotopic (exact) mass is 138 g/mol. The van der Waals surface area contributed by atoms with E-state index < -0.39 is 0 Å². The molecule has 1 N–H and O–H groups in total. The van der Waals surface area contributed by atoms with E-state index in [1.165, 1.54) is 19.3 Å². The van der Waals surface area contributed by atoms with Crippen molar-refractivity contribution in [2.75, 3.05) is 0 Å². The lowest BCUT2D eigenvalue weighted by Gasteiger charge is -2.23. The molecule has 3 fully saturated rings. The Hall–Kier alpha value is -0.0400. The van der Waals surface area contributed by atoms with Gasteiger partial charge in [-0.1, -0.05) is 0 Å². The summed E-state index contributed by atoms with van der Waals surface area (Å²) in [5, 5.41) is 9.60. The normalized spacial score (nSPS) is 63.9. The quantitative estimate of drug-likeness (QED) is 0.536. The first-order valence-corrected chi connectivity index (χ1v) is 4.54. The van der Waals surface area contributed by atoms with E-state index in [4.69, 9.17) is 0 Å². The molecule has 0 aliphatic heterocycles. The van der Waals surface area contributed by atoms with Gasteiger partial charge in [0.15, 0.2) is 0 Å². The zero-order chi connectivity index (χ0) is 6.72. The lowest BCUT2D eigenvalue weighted by molar-refractivity contribution is 0.0856. The third-order valence-corrected chi connectivity index (χ3v) is 4.11. The molecule has 1 nitrogen and oxygen atoms in total. The summed E-state index contributed by atoms with van der Waals surface area (Å²) >= 11 is 0. The average molecular weight is 138 g/mol. The van der Waals surface area contributed by atoms with Crippen molar-refractivity contribution in [1.29, 1.82) is 0 Å². The van der Waals surface area contributed by atoms with Crippen LogP contribution >= 0.6 is 0 Å². The molecule has 0 aromatic carbocycles. The number of hydrogen-bond acceptors (Lipinski definition) is 1. The number of rotatable bonds is 0. The van der Waals surface area contributed by atoms with Crippen LogP contribution in [0.2, 0.25) is 0 Å². The van der Waals surface area contributed by atoms with E-state index in [1.807, 2.05) is 0 Å². The SMILES string of the molecule is O[C@@H]1C[C@H]2C[C@@H]3CC[C@H]2[C@@H]31. The van der Waals surface area contributed by atoms with Gasteiger partial charge in [0.05, 0.1) is 6.10 Å². The second-order valence-electron chi connectivity index (χ2n) is 4.38. The highest BCUT2D eigenvalue weighted by Gasteiger charge is 2.56. The predicted octanol–water partition coefficient (Wildman–Crippen LogP) is 1.41. The topological polar surface area (TPSA) is 20.2 Å². The van der Waals surface area contributed by atoms with Crippen LogP contribution in [0.25, 0.3) is 0 Å². The van der Waals surface area contributed by atoms with Gasteiger partial charge in [-0.2, -0.15) is 0 Å². The molecule has 4 bridgehead atoms. The van der Waals surface area contributed by atoms with Crippen molar-refractivity contribution in [3.8, 4) is 0 Å². The molecule has 3 rings (SSSR count). The third kappa shape index (κ3) is 0.460. The van der Waals surface area contributed by atoms with Gasteiger partial charge in [0.1, 0.15) is 0 Å². The van der Waals surface area contributed by atoms with Crippen molar-refractivity contribution in [1.82, 2.24) is 0 Å². The Morgan fingerprint density at radius 2 is 1.90 bits per heavy atom. The summed E-state index contributed by atoms with van der Waals surface area (Å²) in [7, 11) is 0. The Morgan fingerprint density at radius 3 is 2.50 bits per heavy atom. The number of aliphatic hydroxyl groups is 1. The van der Waals surface area contributed by atoms with Gasteiger partial charge in [-0.25, -0.2) is 0 Å². The smallest absolute Gasteiger partial charge is 0.0576 e.